The van der Waals surface area contributed by atoms with Gasteiger partial charge in [0.15, 0.2) is 17.0 Å². The van der Waals surface area contributed by atoms with Crippen LogP contribution >= 0.6 is 11.3 Å². The van der Waals surface area contributed by atoms with Crippen LogP contribution in [0.2, 0.25) is 0 Å². The van der Waals surface area contributed by atoms with Gasteiger partial charge in [-0.25, -0.2) is 4.98 Å². The number of para-hydroxylation sites is 1. The third kappa shape index (κ3) is 2.51. The molecule has 4 rings (SSSR count). The lowest BCUT2D eigenvalue weighted by atomic mass is 9.97. The number of amides is 1. The molecule has 2 atom stereocenters. The quantitative estimate of drug-likeness (QED) is 0.792. The molecule has 0 bridgehead atoms. The van der Waals surface area contributed by atoms with Gasteiger partial charge in [-0.05, 0) is 18.2 Å². The summed E-state index contributed by atoms with van der Waals surface area (Å²) in [6.45, 7) is 1.99. The molecule has 3 heterocycles. The highest BCUT2D eigenvalue weighted by molar-refractivity contribution is 7.14. The van der Waals surface area contributed by atoms with Gasteiger partial charge < -0.3 is 9.15 Å². The van der Waals surface area contributed by atoms with E-state index in [1.165, 1.54) is 11.3 Å². The molecule has 0 radical (unpaired) electrons. The number of furan rings is 1. The first kappa shape index (κ1) is 14.0. The predicted octanol–water partition coefficient (Wildman–Crippen LogP) is 3.91. The van der Waals surface area contributed by atoms with Gasteiger partial charge in [0.2, 0.25) is 0 Å². The molecule has 1 aliphatic heterocycles. The molecule has 5 nitrogen and oxygen atoms in total. The number of anilines is 1. The van der Waals surface area contributed by atoms with Crippen LogP contribution < -0.4 is 10.1 Å². The van der Waals surface area contributed by atoms with Crippen LogP contribution in [0.5, 0.6) is 5.75 Å². The van der Waals surface area contributed by atoms with E-state index < -0.39 is 6.10 Å². The van der Waals surface area contributed by atoms with E-state index in [2.05, 4.69) is 10.3 Å². The predicted molar refractivity (Wildman–Crippen MR) is 87.7 cm³/mol. The number of nitrogens with one attached hydrogen (secondary N) is 1. The lowest BCUT2D eigenvalue weighted by Gasteiger charge is -2.13. The van der Waals surface area contributed by atoms with Crippen molar-refractivity contribution >= 4 is 22.4 Å². The van der Waals surface area contributed by atoms with Gasteiger partial charge in [-0.1, -0.05) is 25.1 Å². The van der Waals surface area contributed by atoms with Gasteiger partial charge in [-0.15, -0.1) is 11.3 Å². The van der Waals surface area contributed by atoms with Crippen LogP contribution in [0.25, 0.3) is 11.5 Å². The van der Waals surface area contributed by atoms with Gasteiger partial charge in [0.25, 0.3) is 5.91 Å². The van der Waals surface area contributed by atoms with Crippen LogP contribution in [0.4, 0.5) is 5.13 Å². The Morgan fingerprint density at radius 2 is 2.13 bits per heavy atom. The number of hydrogen-bond donors (Lipinski definition) is 1. The smallest absolute Gasteiger partial charge is 0.267 e. The first-order valence-corrected chi connectivity index (χ1v) is 8.16. The number of hydrogen-bond acceptors (Lipinski definition) is 5. The highest BCUT2D eigenvalue weighted by Gasteiger charge is 2.36. The summed E-state index contributed by atoms with van der Waals surface area (Å²) in [6.07, 6.45) is 1.06. The number of thiazole rings is 1. The Morgan fingerprint density at radius 3 is 2.91 bits per heavy atom. The van der Waals surface area contributed by atoms with Gasteiger partial charge in [0.1, 0.15) is 11.4 Å². The maximum atomic E-state index is 12.5. The molecule has 2 unspecified atom stereocenters. The molecule has 1 aliphatic rings. The van der Waals surface area contributed by atoms with Crippen molar-refractivity contribution in [1.29, 1.82) is 0 Å². The molecule has 0 saturated carbocycles. The standard InChI is InChI=1S/C17H14N2O3S/c1-10-11-5-2-3-6-13(11)22-15(10)16(20)19-17-18-12(9-23-17)14-7-4-8-21-14/h2-10,15H,1H3,(H,18,19,20). The number of carbonyl (C=O) groups is 1. The Balaban J connectivity index is 1.49. The lowest BCUT2D eigenvalue weighted by molar-refractivity contribution is -0.122. The zero-order valence-corrected chi connectivity index (χ0v) is 13.2. The van der Waals surface area contributed by atoms with Crippen molar-refractivity contribution in [1.82, 2.24) is 4.98 Å². The topological polar surface area (TPSA) is 64.4 Å². The summed E-state index contributed by atoms with van der Waals surface area (Å²) in [5.74, 6) is 1.28. The fourth-order valence-corrected chi connectivity index (χ4v) is 3.39. The van der Waals surface area contributed by atoms with E-state index in [1.54, 1.807) is 12.3 Å². The van der Waals surface area contributed by atoms with Gasteiger partial charge in [0, 0.05) is 16.9 Å². The van der Waals surface area contributed by atoms with Crippen molar-refractivity contribution in [3.63, 3.8) is 0 Å². The summed E-state index contributed by atoms with van der Waals surface area (Å²) in [6, 6.07) is 11.4. The average Bonchev–Trinajstić information content (AvgIpc) is 3.27. The van der Waals surface area contributed by atoms with Crippen LogP contribution in [0.1, 0.15) is 18.4 Å². The summed E-state index contributed by atoms with van der Waals surface area (Å²) in [7, 11) is 0. The van der Waals surface area contributed by atoms with Gasteiger partial charge in [-0.2, -0.15) is 0 Å². The van der Waals surface area contributed by atoms with Gasteiger partial charge in [-0.3, -0.25) is 10.1 Å². The molecular formula is C17H14N2O3S. The van der Waals surface area contributed by atoms with E-state index in [1.807, 2.05) is 42.6 Å². The summed E-state index contributed by atoms with van der Waals surface area (Å²) < 4.78 is 11.1. The third-order valence-corrected chi connectivity index (χ3v) is 4.64. The Labute approximate surface area is 136 Å². The molecule has 0 saturated heterocycles. The second kappa shape index (κ2) is 5.55. The molecule has 116 valence electrons. The number of carbonyl (C=O) groups excluding carboxylic acids is 1. The number of rotatable bonds is 3. The van der Waals surface area contributed by atoms with Crippen LogP contribution in [0.3, 0.4) is 0 Å². The molecule has 3 aromatic rings. The maximum absolute atomic E-state index is 12.5. The van der Waals surface area contributed by atoms with Gasteiger partial charge >= 0.3 is 0 Å². The lowest BCUT2D eigenvalue weighted by Crippen LogP contribution is -2.33. The van der Waals surface area contributed by atoms with Crippen LogP contribution in [-0.4, -0.2) is 17.0 Å². The minimum absolute atomic E-state index is 0.00991. The third-order valence-electron chi connectivity index (χ3n) is 3.88. The van der Waals surface area contributed by atoms with E-state index in [-0.39, 0.29) is 11.8 Å². The van der Waals surface area contributed by atoms with E-state index in [0.717, 1.165) is 11.3 Å². The highest BCUT2D eigenvalue weighted by Crippen LogP contribution is 2.38. The largest absolute Gasteiger partial charge is 0.480 e. The molecule has 0 spiro atoms. The molecular weight excluding hydrogens is 312 g/mol. The van der Waals surface area contributed by atoms with Crippen LogP contribution in [0.15, 0.2) is 52.5 Å². The number of fused-ring (bicyclic) bond motifs is 1. The molecule has 0 fully saturated rings. The zero-order chi connectivity index (χ0) is 15.8. The molecule has 1 aromatic carbocycles. The van der Waals surface area contributed by atoms with E-state index in [9.17, 15) is 4.79 Å². The van der Waals surface area contributed by atoms with E-state index in [0.29, 0.717) is 16.6 Å². The summed E-state index contributed by atoms with van der Waals surface area (Å²) in [5.41, 5.74) is 1.77. The second-order valence-corrected chi connectivity index (χ2v) is 6.23. The fraction of sp³-hybridized carbons (Fsp3) is 0.176. The summed E-state index contributed by atoms with van der Waals surface area (Å²) >= 11 is 1.36. The van der Waals surface area contributed by atoms with Gasteiger partial charge in [0.05, 0.1) is 6.26 Å². The Morgan fingerprint density at radius 1 is 1.26 bits per heavy atom. The van der Waals surface area contributed by atoms with Crippen molar-refractivity contribution in [2.45, 2.75) is 18.9 Å². The van der Waals surface area contributed by atoms with Crippen LogP contribution in [0, 0.1) is 0 Å². The first-order chi connectivity index (χ1) is 11.2. The first-order valence-electron chi connectivity index (χ1n) is 7.28. The van der Waals surface area contributed by atoms with Crippen molar-refractivity contribution in [3.05, 3.63) is 53.6 Å². The normalized spacial score (nSPS) is 19.2. The fourth-order valence-electron chi connectivity index (χ4n) is 2.69. The SMILES string of the molecule is CC1c2ccccc2OC1C(=O)Nc1nc(-c2ccco2)cs1. The molecule has 23 heavy (non-hydrogen) atoms. The molecule has 0 aliphatic carbocycles. The molecule has 6 heteroatoms. The minimum Gasteiger partial charge on any atom is -0.480 e. The summed E-state index contributed by atoms with van der Waals surface area (Å²) in [5, 5.41) is 5.22. The van der Waals surface area contributed by atoms with Crippen molar-refractivity contribution < 1.29 is 13.9 Å². The zero-order valence-electron chi connectivity index (χ0n) is 12.4. The molecule has 1 N–H and O–H groups in total. The minimum atomic E-state index is -0.539. The Hall–Kier alpha value is -2.60. The number of ether oxygens (including phenoxy) is 1. The highest BCUT2D eigenvalue weighted by atomic mass is 32.1. The van der Waals surface area contributed by atoms with E-state index >= 15 is 0 Å². The average molecular weight is 326 g/mol. The molecule has 2 aromatic heterocycles. The Kier molecular flexibility index (Phi) is 3.38. The monoisotopic (exact) mass is 326 g/mol. The maximum Gasteiger partial charge on any atom is 0.267 e. The van der Waals surface area contributed by atoms with E-state index in [4.69, 9.17) is 9.15 Å². The second-order valence-electron chi connectivity index (χ2n) is 5.37. The number of nitrogens with zero attached hydrogens (tertiary/aromatic N) is 1. The van der Waals surface area contributed by atoms with Crippen molar-refractivity contribution in [2.75, 3.05) is 5.32 Å². The van der Waals surface area contributed by atoms with Crippen molar-refractivity contribution in [3.8, 4) is 17.2 Å². The van der Waals surface area contributed by atoms with Crippen LogP contribution in [-0.2, 0) is 4.79 Å². The van der Waals surface area contributed by atoms with Crippen molar-refractivity contribution in [2.24, 2.45) is 0 Å². The Bertz CT molecular complexity index is 841. The number of aromatic nitrogens is 1. The summed E-state index contributed by atoms with van der Waals surface area (Å²) in [4.78, 5) is 16.9. The number of benzene rings is 1. The molecule has 1 amide bonds.